The lowest BCUT2D eigenvalue weighted by Gasteiger charge is -2.44. The van der Waals surface area contributed by atoms with Crippen LogP contribution in [0.15, 0.2) is 0 Å². The molecule has 0 unspecified atom stereocenters. The number of rotatable bonds is 36. The van der Waals surface area contributed by atoms with Crippen molar-refractivity contribution in [2.45, 2.75) is 250 Å². The first kappa shape index (κ1) is 48.6. The monoisotopic (exact) mass is 744 g/mol. The highest BCUT2D eigenvalue weighted by atomic mass is 32.2. The zero-order chi connectivity index (χ0) is 37.2. The minimum Gasteiger partial charge on any atom is -0.394 e. The molecule has 0 aromatic heterocycles. The molecule has 1 rings (SSSR count). The summed E-state index contributed by atoms with van der Waals surface area (Å²) >= 11 is 1.26. The van der Waals surface area contributed by atoms with Crippen molar-refractivity contribution in [1.82, 2.24) is 4.90 Å². The van der Waals surface area contributed by atoms with Crippen molar-refractivity contribution in [2.75, 3.05) is 18.9 Å². The second-order valence-corrected chi connectivity index (χ2v) is 16.7. The molecule has 1 amide bonds. The van der Waals surface area contributed by atoms with Gasteiger partial charge in [0.15, 0.2) is 6.23 Å². The van der Waals surface area contributed by atoms with Gasteiger partial charge in [-0.15, -0.1) is 0 Å². The largest absolute Gasteiger partial charge is 0.394 e. The number of unbranched alkanes of at least 4 members (excludes halogenated alkanes) is 30. The van der Waals surface area contributed by atoms with Crippen molar-refractivity contribution < 1.29 is 30.0 Å². The zero-order valence-corrected chi connectivity index (χ0v) is 34.4. The quantitative estimate of drug-likeness (QED) is 0.0473. The summed E-state index contributed by atoms with van der Waals surface area (Å²) in [5.41, 5.74) is 0. The van der Waals surface area contributed by atoms with Crippen LogP contribution in [0.5, 0.6) is 0 Å². The average Bonchev–Trinajstić information content (AvgIpc) is 3.13. The third kappa shape index (κ3) is 25.4. The number of carbonyl (C=O) groups excluding carboxylic acids is 1. The van der Waals surface area contributed by atoms with E-state index in [2.05, 4.69) is 13.8 Å². The van der Waals surface area contributed by atoms with E-state index >= 15 is 0 Å². The Morgan fingerprint density at radius 1 is 0.490 bits per heavy atom. The van der Waals surface area contributed by atoms with Gasteiger partial charge in [-0.2, -0.15) is 0 Å². The van der Waals surface area contributed by atoms with Gasteiger partial charge in [-0.25, -0.2) is 0 Å². The second-order valence-electron chi connectivity index (χ2n) is 15.6. The smallest absolute Gasteiger partial charge is 0.283 e. The molecule has 1 aliphatic heterocycles. The highest BCUT2D eigenvalue weighted by molar-refractivity contribution is 8.13. The Morgan fingerprint density at radius 2 is 0.824 bits per heavy atom. The molecule has 0 aromatic rings. The van der Waals surface area contributed by atoms with Gasteiger partial charge in [-0.3, -0.25) is 4.79 Å². The predicted molar refractivity (Wildman–Crippen MR) is 217 cm³/mol. The molecule has 5 atom stereocenters. The van der Waals surface area contributed by atoms with Gasteiger partial charge in [-0.1, -0.05) is 218 Å². The number of amides is 1. The van der Waals surface area contributed by atoms with Gasteiger partial charge < -0.3 is 30.1 Å². The van der Waals surface area contributed by atoms with Crippen molar-refractivity contribution in [3.8, 4) is 0 Å². The standard InChI is InChI=1S/C43H85NO6S/c1-3-5-7-9-11-13-15-17-19-21-23-25-27-29-31-33-35-44(42-41(48)40(47)39(46)38(37-45)50-42)43(49)51-36-34-32-30-28-26-24-22-20-18-16-14-12-10-8-6-4-2/h38-42,45-48H,3-37H2,1-2H3/t38-,39-,40+,41-,42-/m1/s1. The highest BCUT2D eigenvalue weighted by Gasteiger charge is 2.46. The van der Waals surface area contributed by atoms with Crippen molar-refractivity contribution >= 4 is 17.0 Å². The second kappa shape index (κ2) is 35.3. The lowest BCUT2D eigenvalue weighted by atomic mass is 9.97. The Bertz CT molecular complexity index is 758. The van der Waals surface area contributed by atoms with E-state index in [9.17, 15) is 25.2 Å². The molecule has 0 saturated carbocycles. The fourth-order valence-corrected chi connectivity index (χ4v) is 8.27. The maximum absolute atomic E-state index is 13.4. The Balaban J connectivity index is 2.24. The fourth-order valence-electron chi connectivity index (χ4n) is 7.38. The molecule has 51 heavy (non-hydrogen) atoms. The molecule has 0 aliphatic carbocycles. The molecular formula is C43H85NO6S. The van der Waals surface area contributed by atoms with Gasteiger partial charge >= 0.3 is 0 Å². The molecule has 1 saturated heterocycles. The van der Waals surface area contributed by atoms with E-state index in [0.29, 0.717) is 12.3 Å². The third-order valence-electron chi connectivity index (χ3n) is 10.9. The topological polar surface area (TPSA) is 110 Å². The Labute approximate surface area is 319 Å². The number of aliphatic hydroxyl groups excluding tert-OH is 4. The number of nitrogens with zero attached hydrogens (tertiary/aromatic N) is 1. The first-order valence-corrected chi connectivity index (χ1v) is 23.2. The molecule has 1 aliphatic rings. The van der Waals surface area contributed by atoms with E-state index in [1.807, 2.05) is 0 Å². The Morgan fingerprint density at radius 3 is 1.18 bits per heavy atom. The molecule has 0 spiro atoms. The van der Waals surface area contributed by atoms with E-state index in [1.54, 1.807) is 0 Å². The van der Waals surface area contributed by atoms with E-state index < -0.39 is 37.3 Å². The summed E-state index contributed by atoms with van der Waals surface area (Å²) in [4.78, 5) is 14.9. The summed E-state index contributed by atoms with van der Waals surface area (Å²) in [6.45, 7) is 4.48. The number of hydrogen-bond donors (Lipinski definition) is 4. The number of thioether (sulfide) groups is 1. The summed E-state index contributed by atoms with van der Waals surface area (Å²) < 4.78 is 5.81. The van der Waals surface area contributed by atoms with Crippen LogP contribution in [0.3, 0.4) is 0 Å². The van der Waals surface area contributed by atoms with Crippen molar-refractivity contribution in [1.29, 1.82) is 0 Å². The van der Waals surface area contributed by atoms with Gasteiger partial charge in [0.1, 0.15) is 24.4 Å². The third-order valence-corrected chi connectivity index (χ3v) is 11.9. The van der Waals surface area contributed by atoms with Crippen LogP contribution >= 0.6 is 11.8 Å². The van der Waals surface area contributed by atoms with Gasteiger partial charge in [0, 0.05) is 12.3 Å². The molecule has 0 bridgehead atoms. The molecule has 0 aromatic carbocycles. The fraction of sp³-hybridized carbons (Fsp3) is 0.977. The van der Waals surface area contributed by atoms with E-state index in [4.69, 9.17) is 4.74 Å². The summed E-state index contributed by atoms with van der Waals surface area (Å²) in [6, 6.07) is 0. The minimum atomic E-state index is -1.48. The van der Waals surface area contributed by atoms with Crippen LogP contribution in [0.1, 0.15) is 219 Å². The molecule has 0 radical (unpaired) electrons. The first-order valence-electron chi connectivity index (χ1n) is 22.2. The Hall–Kier alpha value is -0.380. The molecule has 304 valence electrons. The van der Waals surface area contributed by atoms with Crippen LogP contribution in [-0.4, -0.2) is 80.1 Å². The van der Waals surface area contributed by atoms with Crippen LogP contribution in [0.25, 0.3) is 0 Å². The molecule has 7 nitrogen and oxygen atoms in total. The first-order chi connectivity index (χ1) is 25.0. The molecule has 8 heteroatoms. The minimum absolute atomic E-state index is 0.166. The lowest BCUT2D eigenvalue weighted by Crippen LogP contribution is -2.63. The number of ether oxygens (including phenoxy) is 1. The van der Waals surface area contributed by atoms with E-state index in [-0.39, 0.29) is 5.24 Å². The lowest BCUT2D eigenvalue weighted by molar-refractivity contribution is -0.256. The van der Waals surface area contributed by atoms with Crippen molar-refractivity contribution in [2.24, 2.45) is 0 Å². The van der Waals surface area contributed by atoms with Gasteiger partial charge in [0.2, 0.25) is 0 Å². The highest BCUT2D eigenvalue weighted by Crippen LogP contribution is 2.27. The molecule has 1 heterocycles. The summed E-state index contributed by atoms with van der Waals surface area (Å²) in [5.74, 6) is 0.712. The van der Waals surface area contributed by atoms with Crippen molar-refractivity contribution in [3.63, 3.8) is 0 Å². The molecular weight excluding hydrogens is 659 g/mol. The van der Waals surface area contributed by atoms with Crippen LogP contribution in [0.2, 0.25) is 0 Å². The summed E-state index contributed by atoms with van der Waals surface area (Å²) in [5, 5.41) is 41.0. The van der Waals surface area contributed by atoms with Crippen LogP contribution in [0, 0.1) is 0 Å². The average molecular weight is 744 g/mol. The van der Waals surface area contributed by atoms with Crippen LogP contribution in [-0.2, 0) is 4.74 Å². The normalized spacial score (nSPS) is 20.6. The van der Waals surface area contributed by atoms with E-state index in [0.717, 1.165) is 32.1 Å². The number of carbonyl (C=O) groups is 1. The summed E-state index contributed by atoms with van der Waals surface area (Å²) in [6.07, 6.45) is 35.0. The van der Waals surface area contributed by atoms with Crippen LogP contribution < -0.4 is 0 Å². The molecule has 4 N–H and O–H groups in total. The van der Waals surface area contributed by atoms with Crippen LogP contribution in [0.4, 0.5) is 4.79 Å². The Kier molecular flexibility index (Phi) is 33.7. The van der Waals surface area contributed by atoms with Gasteiger partial charge in [0.05, 0.1) is 6.61 Å². The van der Waals surface area contributed by atoms with Crippen molar-refractivity contribution in [3.05, 3.63) is 0 Å². The van der Waals surface area contributed by atoms with E-state index in [1.165, 1.54) is 190 Å². The zero-order valence-electron chi connectivity index (χ0n) is 33.6. The van der Waals surface area contributed by atoms with Gasteiger partial charge in [-0.05, 0) is 12.8 Å². The van der Waals surface area contributed by atoms with Gasteiger partial charge in [0.25, 0.3) is 5.24 Å². The number of aliphatic hydroxyl groups is 4. The summed E-state index contributed by atoms with van der Waals surface area (Å²) in [7, 11) is 0. The maximum atomic E-state index is 13.4. The maximum Gasteiger partial charge on any atom is 0.283 e. The molecule has 1 fully saturated rings. The number of hydrogen-bond acceptors (Lipinski definition) is 7. The predicted octanol–water partition coefficient (Wildman–Crippen LogP) is 11.5. The SMILES string of the molecule is CCCCCCCCCCCCCCCCCCSC(=O)N(CCCCCCCCCCCCCCCCCC)[C@@H]1O[C@H](CO)[C@@H](O)[C@H](O)[C@H]1O.